The van der Waals surface area contributed by atoms with Gasteiger partial charge in [0.25, 0.3) is 0 Å². The van der Waals surface area contributed by atoms with E-state index in [2.05, 4.69) is 252 Å². The van der Waals surface area contributed by atoms with Gasteiger partial charge in [-0.1, -0.05) is 183 Å². The van der Waals surface area contributed by atoms with E-state index >= 15 is 0 Å². The summed E-state index contributed by atoms with van der Waals surface area (Å²) in [6.07, 6.45) is 9.77. The number of nitrogens with one attached hydrogen (secondary N) is 1. The first-order chi connectivity index (χ1) is 32.5. The molecule has 328 valence electrons. The second kappa shape index (κ2) is 21.3. The Morgan fingerprint density at radius 3 is 1.59 bits per heavy atom. The molecule has 1 aliphatic carbocycles. The van der Waals surface area contributed by atoms with E-state index in [4.69, 9.17) is 0 Å². The molecule has 5 nitrogen and oxygen atoms in total. The number of benzene rings is 8. The Hall–Kier alpha value is -7.70. The van der Waals surface area contributed by atoms with Gasteiger partial charge in [0, 0.05) is 64.2 Å². The number of para-hydroxylation sites is 3. The second-order valence-electron chi connectivity index (χ2n) is 16.1. The van der Waals surface area contributed by atoms with Crippen molar-refractivity contribution in [3.05, 3.63) is 235 Å². The molecule has 0 radical (unpaired) electrons. The Balaban J connectivity index is 0.000000148. The fourth-order valence-corrected chi connectivity index (χ4v) is 8.62. The molecule has 0 atom stereocenters. The van der Waals surface area contributed by atoms with Gasteiger partial charge < -0.3 is 25.9 Å². The molecule has 5 heteroatoms. The van der Waals surface area contributed by atoms with Crippen molar-refractivity contribution < 1.29 is 0 Å². The van der Waals surface area contributed by atoms with Crippen molar-refractivity contribution in [2.75, 3.05) is 13.2 Å². The molecule has 3 heterocycles. The van der Waals surface area contributed by atoms with Crippen LogP contribution in [0.5, 0.6) is 0 Å². The molecule has 10 aromatic rings. The van der Waals surface area contributed by atoms with Crippen LogP contribution in [-0.4, -0.2) is 22.3 Å². The van der Waals surface area contributed by atoms with Crippen LogP contribution < -0.4 is 16.8 Å². The summed E-state index contributed by atoms with van der Waals surface area (Å²) in [4.78, 5) is 0. The molecule has 0 spiro atoms. The molecule has 5 N–H and O–H groups in total. The Labute approximate surface area is 389 Å². The van der Waals surface area contributed by atoms with E-state index in [1.807, 2.05) is 19.9 Å². The number of fused-ring (bicyclic) bond motifs is 6. The van der Waals surface area contributed by atoms with Gasteiger partial charge in [0.2, 0.25) is 0 Å². The molecule has 0 saturated heterocycles. The minimum Gasteiger partial charge on any atom is -0.381 e. The van der Waals surface area contributed by atoms with E-state index in [9.17, 15) is 0 Å². The Kier molecular flexibility index (Phi) is 14.5. The summed E-state index contributed by atoms with van der Waals surface area (Å²) >= 11 is 0. The normalized spacial score (nSPS) is 12.3. The third-order valence-corrected chi connectivity index (χ3v) is 11.8. The minimum absolute atomic E-state index is 0.250. The first-order valence-electron chi connectivity index (χ1n) is 23.0. The van der Waals surface area contributed by atoms with Gasteiger partial charge in [0.1, 0.15) is 0 Å². The standard InChI is InChI=1S/C31H22N2.C14H13N.C13H12.C2H6.CH6N2/c1-32-28-13-7-5-11-24(28)26-19-21(15-17-29(26)32)22-16-18-31-27(20-22)25-12-6-8-14-30(25)33(31)23-9-3-2-4-10-23;1-2-10-15-14(3-1)13-8-6-12(7-9-13)11-4-5-11;1-11-6-5-9-13(10-11)12-7-3-2-4-8-12;1-2;2-1-3/h2-20H,1H3;1-4,6-9,15H,5,10H2;2-10H,1H3;1-2H3;1-3H2. The van der Waals surface area contributed by atoms with Crippen molar-refractivity contribution >= 4 is 54.9 Å². The average molecular weight is 862 g/mol. The number of hydrogen-bond donors (Lipinski definition) is 3. The van der Waals surface area contributed by atoms with Crippen LogP contribution in [0.1, 0.15) is 37.0 Å². The highest BCUT2D eigenvalue weighted by Gasteiger charge is 2.15. The van der Waals surface area contributed by atoms with Crippen LogP contribution in [-0.2, 0) is 7.05 Å². The number of aryl methyl sites for hydroxylation is 2. The van der Waals surface area contributed by atoms with E-state index in [1.54, 1.807) is 0 Å². The van der Waals surface area contributed by atoms with E-state index < -0.39 is 0 Å². The van der Waals surface area contributed by atoms with Gasteiger partial charge in [0.15, 0.2) is 0 Å². The second-order valence-corrected chi connectivity index (χ2v) is 16.1. The SMILES string of the molecule is C1=CCNC(c2ccc(C3=CC3)cc2)=C1.CC.Cc1cccc(-c2ccccc2)c1.Cn1c2ccccc2c2cc(-c3ccc4c(c3)c3ccccc3n4-c3ccccc3)ccc21.NCN. The largest absolute Gasteiger partial charge is 0.381 e. The number of dihydropyridines is 1. The molecule has 1 aliphatic heterocycles. The zero-order valence-corrected chi connectivity index (χ0v) is 38.5. The van der Waals surface area contributed by atoms with E-state index in [1.165, 1.54) is 106 Å². The predicted molar refractivity (Wildman–Crippen MR) is 286 cm³/mol. The third-order valence-electron chi connectivity index (χ3n) is 11.8. The molecule has 0 fully saturated rings. The third kappa shape index (κ3) is 9.99. The lowest BCUT2D eigenvalue weighted by atomic mass is 10.0. The lowest BCUT2D eigenvalue weighted by molar-refractivity contribution is 0.995. The van der Waals surface area contributed by atoms with Crippen LogP contribution in [0.4, 0.5) is 0 Å². The summed E-state index contributed by atoms with van der Waals surface area (Å²) in [6, 6.07) is 69.5. The van der Waals surface area contributed by atoms with Gasteiger partial charge in [-0.05, 0) is 107 Å². The summed E-state index contributed by atoms with van der Waals surface area (Å²) in [5, 5.41) is 8.53. The summed E-state index contributed by atoms with van der Waals surface area (Å²) in [5.74, 6) is 0. The van der Waals surface area contributed by atoms with Crippen molar-refractivity contribution in [1.82, 2.24) is 14.5 Å². The number of nitrogens with two attached hydrogens (primary N) is 2. The zero-order chi connectivity index (χ0) is 45.8. The van der Waals surface area contributed by atoms with Crippen molar-refractivity contribution in [1.29, 1.82) is 0 Å². The summed E-state index contributed by atoms with van der Waals surface area (Å²) in [7, 11) is 2.15. The van der Waals surface area contributed by atoms with Gasteiger partial charge in [-0.2, -0.15) is 0 Å². The smallest absolute Gasteiger partial charge is 0.0541 e. The highest BCUT2D eigenvalue weighted by Crippen LogP contribution is 2.37. The predicted octanol–water partition coefficient (Wildman–Crippen LogP) is 14.6. The maximum Gasteiger partial charge on any atom is 0.0541 e. The number of nitrogens with zero attached hydrogens (tertiary/aromatic N) is 2. The number of hydrogen-bond acceptors (Lipinski definition) is 3. The maximum atomic E-state index is 4.62. The fourth-order valence-electron chi connectivity index (χ4n) is 8.62. The minimum atomic E-state index is 0.250. The summed E-state index contributed by atoms with van der Waals surface area (Å²) in [5.41, 5.74) is 27.1. The van der Waals surface area contributed by atoms with Gasteiger partial charge in [-0.3, -0.25) is 0 Å². The molecule has 2 aliphatic rings. The van der Waals surface area contributed by atoms with Crippen LogP contribution in [0, 0.1) is 6.92 Å². The molecule has 0 amide bonds. The van der Waals surface area contributed by atoms with Crippen LogP contribution in [0.3, 0.4) is 0 Å². The quantitative estimate of drug-likeness (QED) is 0.151. The summed E-state index contributed by atoms with van der Waals surface area (Å²) in [6.45, 7) is 7.30. The summed E-state index contributed by atoms with van der Waals surface area (Å²) < 4.78 is 4.65. The first-order valence-corrected chi connectivity index (χ1v) is 23.0. The highest BCUT2D eigenvalue weighted by molar-refractivity contribution is 6.12. The zero-order valence-electron chi connectivity index (χ0n) is 38.5. The Bertz CT molecular complexity index is 3290. The molecule has 8 aromatic carbocycles. The first kappa shape index (κ1) is 44.9. The molecule has 0 bridgehead atoms. The van der Waals surface area contributed by atoms with E-state index in [0.29, 0.717) is 0 Å². The maximum absolute atomic E-state index is 4.62. The molecular weight excluding hydrogens is 803 g/mol. The molecule has 0 saturated carbocycles. The van der Waals surface area contributed by atoms with Crippen LogP contribution in [0.25, 0.3) is 82.8 Å². The number of rotatable bonds is 5. The number of allylic oxidation sites excluding steroid dienone is 4. The van der Waals surface area contributed by atoms with Gasteiger partial charge in [-0.15, -0.1) is 0 Å². The van der Waals surface area contributed by atoms with E-state index in [-0.39, 0.29) is 6.67 Å². The Morgan fingerprint density at radius 1 is 0.485 bits per heavy atom. The lowest BCUT2D eigenvalue weighted by Gasteiger charge is -2.12. The van der Waals surface area contributed by atoms with Crippen LogP contribution in [0.15, 0.2) is 218 Å². The van der Waals surface area contributed by atoms with Crippen molar-refractivity contribution in [3.8, 4) is 27.9 Å². The molecule has 0 unspecified atom stereocenters. The van der Waals surface area contributed by atoms with Crippen LogP contribution in [0.2, 0.25) is 0 Å². The molecular formula is C61H59N5. The monoisotopic (exact) mass is 861 g/mol. The molecule has 66 heavy (non-hydrogen) atoms. The Morgan fingerprint density at radius 2 is 0.970 bits per heavy atom. The van der Waals surface area contributed by atoms with Crippen LogP contribution >= 0.6 is 0 Å². The highest BCUT2D eigenvalue weighted by atomic mass is 15.0. The van der Waals surface area contributed by atoms with Gasteiger partial charge >= 0.3 is 0 Å². The van der Waals surface area contributed by atoms with Crippen molar-refractivity contribution in [2.24, 2.45) is 18.5 Å². The fraction of sp³-hybridized carbons (Fsp3) is 0.115. The number of aromatic nitrogens is 2. The molecule has 2 aromatic heterocycles. The van der Waals surface area contributed by atoms with Crippen molar-refractivity contribution in [3.63, 3.8) is 0 Å². The van der Waals surface area contributed by atoms with Gasteiger partial charge in [-0.25, -0.2) is 0 Å². The van der Waals surface area contributed by atoms with Gasteiger partial charge in [0.05, 0.1) is 11.0 Å². The molecule has 12 rings (SSSR count). The topological polar surface area (TPSA) is 73.9 Å². The average Bonchev–Trinajstić information content (AvgIpc) is 4.14. The van der Waals surface area contributed by atoms with E-state index in [0.717, 1.165) is 6.54 Å². The van der Waals surface area contributed by atoms with Crippen molar-refractivity contribution in [2.45, 2.75) is 27.2 Å². The lowest BCUT2D eigenvalue weighted by Crippen LogP contribution is -2.14.